The third-order valence-electron chi connectivity index (χ3n) is 5.83. The third-order valence-corrected chi connectivity index (χ3v) is 6.29. The molecule has 162 valence electrons. The third kappa shape index (κ3) is 3.97. The van der Waals surface area contributed by atoms with Gasteiger partial charge in [0, 0.05) is 30.9 Å². The second kappa shape index (κ2) is 8.43. The molecule has 0 N–H and O–H groups in total. The first-order valence-electron chi connectivity index (χ1n) is 9.71. The smallest absolute Gasteiger partial charge is 0.254 e. The second-order valence-electron chi connectivity index (χ2n) is 7.63. The van der Waals surface area contributed by atoms with Gasteiger partial charge in [-0.15, -0.1) is 0 Å². The van der Waals surface area contributed by atoms with Crippen molar-refractivity contribution in [3.8, 4) is 0 Å². The van der Waals surface area contributed by atoms with E-state index in [9.17, 15) is 18.8 Å². The zero-order valence-corrected chi connectivity index (χ0v) is 17.9. The quantitative estimate of drug-likeness (QED) is 0.652. The maximum Gasteiger partial charge on any atom is 0.254 e. The van der Waals surface area contributed by atoms with Crippen LogP contribution in [0.2, 0.25) is 10.0 Å². The lowest BCUT2D eigenvalue weighted by molar-refractivity contribution is -0.156. The Morgan fingerprint density at radius 1 is 1.10 bits per heavy atom. The van der Waals surface area contributed by atoms with Crippen LogP contribution in [0.1, 0.15) is 18.4 Å². The Bertz CT molecular complexity index is 1030. The Balaban J connectivity index is 1.72. The highest BCUT2D eigenvalue weighted by Gasteiger charge is 2.54. The molecule has 1 aromatic heterocycles. The first-order chi connectivity index (χ1) is 14.8. The molecule has 31 heavy (non-hydrogen) atoms. The van der Waals surface area contributed by atoms with E-state index in [2.05, 4.69) is 4.98 Å². The highest BCUT2D eigenvalue weighted by atomic mass is 35.5. The minimum absolute atomic E-state index is 0.0930. The van der Waals surface area contributed by atoms with Crippen molar-refractivity contribution in [3.05, 3.63) is 58.0 Å². The minimum Gasteiger partial charge on any atom is -0.345 e. The highest BCUT2D eigenvalue weighted by Crippen LogP contribution is 2.37. The largest absolute Gasteiger partial charge is 0.345 e. The number of halogens is 3. The van der Waals surface area contributed by atoms with Crippen LogP contribution < -0.4 is 4.90 Å². The summed E-state index contributed by atoms with van der Waals surface area (Å²) in [7, 11) is 0. The van der Waals surface area contributed by atoms with Crippen molar-refractivity contribution in [2.75, 3.05) is 24.5 Å². The number of piperidine rings is 1. The molecule has 3 heterocycles. The zero-order valence-electron chi connectivity index (χ0n) is 16.4. The summed E-state index contributed by atoms with van der Waals surface area (Å²) in [5, 5.41) is 0.657. The van der Waals surface area contributed by atoms with E-state index in [1.54, 1.807) is 34.1 Å². The predicted molar refractivity (Wildman–Crippen MR) is 113 cm³/mol. The van der Waals surface area contributed by atoms with Gasteiger partial charge in [0.1, 0.15) is 12.1 Å². The van der Waals surface area contributed by atoms with Gasteiger partial charge in [0.05, 0.1) is 5.02 Å². The topological polar surface area (TPSA) is 73.8 Å². The Morgan fingerprint density at radius 3 is 2.39 bits per heavy atom. The molecule has 0 aliphatic carbocycles. The Morgan fingerprint density at radius 2 is 1.77 bits per heavy atom. The van der Waals surface area contributed by atoms with Crippen molar-refractivity contribution in [2.45, 2.75) is 24.9 Å². The van der Waals surface area contributed by atoms with Gasteiger partial charge in [-0.05, 0) is 36.6 Å². The summed E-state index contributed by atoms with van der Waals surface area (Å²) in [5.74, 6) is -1.75. The minimum atomic E-state index is -1.21. The summed E-state index contributed by atoms with van der Waals surface area (Å²) in [6.45, 7) is 0.484. The number of anilines is 1. The fraction of sp³-hybridized carbons (Fsp3) is 0.333. The van der Waals surface area contributed by atoms with Crippen LogP contribution >= 0.6 is 23.2 Å². The molecule has 2 aliphatic heterocycles. The van der Waals surface area contributed by atoms with E-state index in [0.29, 0.717) is 18.1 Å². The van der Waals surface area contributed by atoms with Crippen LogP contribution in [-0.2, 0) is 20.9 Å². The van der Waals surface area contributed by atoms with Gasteiger partial charge in [-0.1, -0.05) is 35.3 Å². The number of piperazine rings is 1. The molecule has 10 heteroatoms. The molecule has 0 bridgehead atoms. The van der Waals surface area contributed by atoms with Crippen LogP contribution in [0, 0.1) is 5.82 Å². The van der Waals surface area contributed by atoms with E-state index in [4.69, 9.17) is 23.2 Å². The van der Waals surface area contributed by atoms with Gasteiger partial charge in [-0.3, -0.25) is 19.3 Å². The molecular formula is C21H19Cl2FN4O3. The first-order valence-corrected chi connectivity index (χ1v) is 10.5. The number of rotatable bonds is 4. The SMILES string of the molecule is O=CN1CCC2(CC1)C(=O)N(c1ncc(Cl)cc1F)CC(=O)N2Cc1ccc(Cl)cc1. The summed E-state index contributed by atoms with van der Waals surface area (Å²) >= 11 is 11.8. The molecule has 2 fully saturated rings. The molecule has 1 aromatic carbocycles. The molecule has 0 saturated carbocycles. The number of benzene rings is 1. The molecule has 3 amide bonds. The van der Waals surface area contributed by atoms with Gasteiger partial charge in [-0.2, -0.15) is 0 Å². The standard InChI is InChI=1S/C21H19Cl2FN4O3/c22-15-3-1-14(2-4-15)11-28-18(30)12-27(19-17(24)9-16(23)10-25-19)20(31)21(28)5-7-26(13-29)8-6-21/h1-4,9-10,13H,5-8,11-12H2. The normalized spacial score (nSPS) is 18.6. The molecular weight excluding hydrogens is 446 g/mol. The lowest BCUT2D eigenvalue weighted by atomic mass is 9.82. The Labute approximate surface area is 188 Å². The fourth-order valence-corrected chi connectivity index (χ4v) is 4.44. The van der Waals surface area contributed by atoms with Crippen molar-refractivity contribution in [3.63, 3.8) is 0 Å². The van der Waals surface area contributed by atoms with Crippen LogP contribution in [0.25, 0.3) is 0 Å². The van der Waals surface area contributed by atoms with Crippen molar-refractivity contribution in [1.29, 1.82) is 0 Å². The number of pyridine rings is 1. The van der Waals surface area contributed by atoms with Crippen molar-refractivity contribution >= 4 is 47.2 Å². The maximum absolute atomic E-state index is 14.6. The summed E-state index contributed by atoms with van der Waals surface area (Å²) in [6.07, 6.45) is 2.45. The van der Waals surface area contributed by atoms with Crippen LogP contribution in [0.3, 0.4) is 0 Å². The van der Waals surface area contributed by atoms with Gasteiger partial charge >= 0.3 is 0 Å². The van der Waals surface area contributed by atoms with Crippen LogP contribution in [0.5, 0.6) is 0 Å². The van der Waals surface area contributed by atoms with Gasteiger partial charge in [0.2, 0.25) is 12.3 Å². The molecule has 4 rings (SSSR count). The van der Waals surface area contributed by atoms with E-state index in [1.807, 2.05) is 0 Å². The summed E-state index contributed by atoms with van der Waals surface area (Å²) in [6, 6.07) is 8.08. The first kappa shape index (κ1) is 21.5. The molecule has 2 aromatic rings. The Kier molecular flexibility index (Phi) is 5.85. The van der Waals surface area contributed by atoms with E-state index in [0.717, 1.165) is 22.9 Å². The number of hydrogen-bond acceptors (Lipinski definition) is 4. The van der Waals surface area contributed by atoms with Gasteiger partial charge in [0.25, 0.3) is 5.91 Å². The summed E-state index contributed by atoms with van der Waals surface area (Å²) in [5.41, 5.74) is -0.394. The number of hydrogen-bond donors (Lipinski definition) is 0. The molecule has 7 nitrogen and oxygen atoms in total. The predicted octanol–water partition coefficient (Wildman–Crippen LogP) is 2.89. The molecule has 2 aliphatic rings. The maximum atomic E-state index is 14.6. The van der Waals surface area contributed by atoms with Crippen LogP contribution in [-0.4, -0.2) is 58.2 Å². The van der Waals surface area contributed by atoms with Gasteiger partial charge in [0.15, 0.2) is 11.6 Å². The Hall–Kier alpha value is -2.71. The molecule has 2 saturated heterocycles. The highest BCUT2D eigenvalue weighted by molar-refractivity contribution is 6.30. The van der Waals surface area contributed by atoms with E-state index < -0.39 is 17.3 Å². The van der Waals surface area contributed by atoms with E-state index in [-0.39, 0.29) is 42.7 Å². The number of aromatic nitrogens is 1. The number of nitrogens with zero attached hydrogens (tertiary/aromatic N) is 4. The van der Waals surface area contributed by atoms with Crippen molar-refractivity contribution in [1.82, 2.24) is 14.8 Å². The van der Waals surface area contributed by atoms with Gasteiger partial charge < -0.3 is 9.80 Å². The van der Waals surface area contributed by atoms with Crippen LogP contribution in [0.4, 0.5) is 10.2 Å². The monoisotopic (exact) mass is 464 g/mol. The molecule has 0 unspecified atom stereocenters. The average molecular weight is 465 g/mol. The van der Waals surface area contributed by atoms with Crippen molar-refractivity contribution in [2.24, 2.45) is 0 Å². The van der Waals surface area contributed by atoms with Crippen molar-refractivity contribution < 1.29 is 18.8 Å². The second-order valence-corrected chi connectivity index (χ2v) is 8.50. The number of amides is 3. The summed E-state index contributed by atoms with van der Waals surface area (Å²) in [4.78, 5) is 46.3. The fourth-order valence-electron chi connectivity index (χ4n) is 4.17. The number of likely N-dealkylation sites (tertiary alicyclic amines) is 1. The van der Waals surface area contributed by atoms with Gasteiger partial charge in [-0.25, -0.2) is 9.37 Å². The molecule has 0 radical (unpaired) electrons. The van der Waals surface area contributed by atoms with Crippen LogP contribution in [0.15, 0.2) is 36.5 Å². The summed E-state index contributed by atoms with van der Waals surface area (Å²) < 4.78 is 14.6. The average Bonchev–Trinajstić information content (AvgIpc) is 2.76. The number of carbonyl (C=O) groups excluding carboxylic acids is 3. The zero-order chi connectivity index (χ0) is 22.2. The number of carbonyl (C=O) groups is 3. The molecule has 0 atom stereocenters. The lowest BCUT2D eigenvalue weighted by Gasteiger charge is -2.51. The van der Waals surface area contributed by atoms with E-state index in [1.165, 1.54) is 6.20 Å². The van der Waals surface area contributed by atoms with E-state index >= 15 is 0 Å². The lowest BCUT2D eigenvalue weighted by Crippen LogP contribution is -2.70. The molecule has 1 spiro atoms.